The van der Waals surface area contributed by atoms with Gasteiger partial charge in [-0.25, -0.2) is 4.98 Å². The molecule has 1 aromatic heterocycles. The van der Waals surface area contributed by atoms with Gasteiger partial charge in [-0.15, -0.1) is 24.8 Å². The maximum Gasteiger partial charge on any atom is 0.224 e. The average Bonchev–Trinajstić information content (AvgIpc) is 2.76. The summed E-state index contributed by atoms with van der Waals surface area (Å²) in [6.07, 6.45) is 3.23. The van der Waals surface area contributed by atoms with Crippen LogP contribution in [0.4, 0.5) is 5.82 Å². The van der Waals surface area contributed by atoms with E-state index >= 15 is 0 Å². The molecule has 0 radical (unpaired) electrons. The minimum absolute atomic E-state index is 0. The van der Waals surface area contributed by atoms with E-state index in [0.717, 1.165) is 57.1 Å². The number of nitrogens with two attached hydrogens (primary N) is 1. The van der Waals surface area contributed by atoms with Gasteiger partial charge in [0.05, 0.1) is 0 Å². The van der Waals surface area contributed by atoms with Crippen molar-refractivity contribution in [3.05, 3.63) is 60.3 Å². The molecule has 166 valence electrons. The predicted octanol–water partition coefficient (Wildman–Crippen LogP) is 2.81. The first-order valence-electron chi connectivity index (χ1n) is 10.2. The zero-order chi connectivity index (χ0) is 19.6. The second-order valence-electron chi connectivity index (χ2n) is 7.21. The fourth-order valence-corrected chi connectivity index (χ4v) is 3.53. The summed E-state index contributed by atoms with van der Waals surface area (Å²) in [7, 11) is 0. The summed E-state index contributed by atoms with van der Waals surface area (Å²) < 4.78 is 0. The molecular formula is C22H33Cl2N5O. The fraction of sp³-hybridized carbons (Fsp3) is 0.455. The minimum Gasteiger partial charge on any atom is -0.354 e. The first-order valence-corrected chi connectivity index (χ1v) is 10.2. The van der Waals surface area contributed by atoms with Gasteiger partial charge in [0.25, 0.3) is 0 Å². The molecule has 0 unspecified atom stereocenters. The van der Waals surface area contributed by atoms with Gasteiger partial charge in [0, 0.05) is 58.4 Å². The summed E-state index contributed by atoms with van der Waals surface area (Å²) in [5.41, 5.74) is 6.83. The van der Waals surface area contributed by atoms with E-state index in [0.29, 0.717) is 19.5 Å². The maximum absolute atomic E-state index is 12.8. The Morgan fingerprint density at radius 2 is 1.70 bits per heavy atom. The van der Waals surface area contributed by atoms with Crippen molar-refractivity contribution in [3.8, 4) is 0 Å². The Bertz CT molecular complexity index is 712. The first kappa shape index (κ1) is 26.2. The van der Waals surface area contributed by atoms with Crippen LogP contribution >= 0.6 is 24.8 Å². The van der Waals surface area contributed by atoms with Gasteiger partial charge in [-0.2, -0.15) is 0 Å². The third-order valence-electron chi connectivity index (χ3n) is 5.19. The summed E-state index contributed by atoms with van der Waals surface area (Å²) in [6, 6.07) is 16.2. The van der Waals surface area contributed by atoms with Crippen molar-refractivity contribution in [3.63, 3.8) is 0 Å². The van der Waals surface area contributed by atoms with E-state index in [1.165, 1.54) is 0 Å². The number of pyridine rings is 1. The number of piperazine rings is 1. The largest absolute Gasteiger partial charge is 0.354 e. The Hall–Kier alpha value is -1.86. The lowest BCUT2D eigenvalue weighted by Crippen LogP contribution is -2.47. The van der Waals surface area contributed by atoms with E-state index in [1.54, 1.807) is 0 Å². The number of hydrogen-bond acceptors (Lipinski definition) is 5. The van der Waals surface area contributed by atoms with Crippen LogP contribution in [-0.4, -0.2) is 66.5 Å². The molecule has 1 saturated heterocycles. The van der Waals surface area contributed by atoms with E-state index in [1.807, 2.05) is 41.4 Å². The van der Waals surface area contributed by atoms with Crippen molar-refractivity contribution in [2.45, 2.75) is 19.4 Å². The highest BCUT2D eigenvalue weighted by molar-refractivity contribution is 5.85. The van der Waals surface area contributed by atoms with E-state index < -0.39 is 0 Å². The summed E-state index contributed by atoms with van der Waals surface area (Å²) >= 11 is 0. The van der Waals surface area contributed by atoms with Gasteiger partial charge < -0.3 is 15.5 Å². The molecule has 1 aliphatic rings. The third-order valence-corrected chi connectivity index (χ3v) is 5.19. The number of carbonyl (C=O) groups is 1. The van der Waals surface area contributed by atoms with Crippen LogP contribution < -0.4 is 10.6 Å². The number of anilines is 1. The summed E-state index contributed by atoms with van der Waals surface area (Å²) in [5, 5.41) is 0. The van der Waals surface area contributed by atoms with E-state index in [-0.39, 0.29) is 30.7 Å². The van der Waals surface area contributed by atoms with Gasteiger partial charge in [0.2, 0.25) is 5.91 Å². The SMILES string of the molecule is Cl.Cl.NCCCN(Cc1ccccc1)C(=O)CCN1CCN(c2ccccn2)CC1. The second kappa shape index (κ2) is 14.2. The summed E-state index contributed by atoms with van der Waals surface area (Å²) in [4.78, 5) is 23.9. The number of carbonyl (C=O) groups excluding carboxylic acids is 1. The number of nitrogens with zero attached hydrogens (tertiary/aromatic N) is 4. The van der Waals surface area contributed by atoms with Gasteiger partial charge in [-0.3, -0.25) is 9.69 Å². The molecule has 0 aliphatic carbocycles. The van der Waals surface area contributed by atoms with E-state index in [2.05, 4.69) is 33.0 Å². The lowest BCUT2D eigenvalue weighted by atomic mass is 10.2. The summed E-state index contributed by atoms with van der Waals surface area (Å²) in [5.74, 6) is 1.25. The Kier molecular flexibility index (Phi) is 12.4. The van der Waals surface area contributed by atoms with E-state index in [4.69, 9.17) is 5.73 Å². The molecule has 0 bridgehead atoms. The van der Waals surface area contributed by atoms with Crippen LogP contribution in [0.25, 0.3) is 0 Å². The Labute approximate surface area is 192 Å². The minimum atomic E-state index is 0. The normalized spacial score (nSPS) is 13.8. The van der Waals surface area contributed by atoms with E-state index in [9.17, 15) is 4.79 Å². The van der Waals surface area contributed by atoms with Crippen LogP contribution in [0.15, 0.2) is 54.7 Å². The zero-order valence-corrected chi connectivity index (χ0v) is 19.0. The molecule has 3 rings (SSSR count). The topological polar surface area (TPSA) is 65.7 Å². The Balaban J connectivity index is 0.00000225. The van der Waals surface area contributed by atoms with Crippen molar-refractivity contribution in [2.75, 3.05) is 50.7 Å². The van der Waals surface area contributed by atoms with Crippen LogP contribution in [0.5, 0.6) is 0 Å². The number of rotatable bonds is 9. The van der Waals surface area contributed by atoms with Crippen molar-refractivity contribution < 1.29 is 4.79 Å². The highest BCUT2D eigenvalue weighted by atomic mass is 35.5. The van der Waals surface area contributed by atoms with Crippen LogP contribution in [0.1, 0.15) is 18.4 Å². The number of benzene rings is 1. The Morgan fingerprint density at radius 3 is 2.33 bits per heavy atom. The molecule has 1 aliphatic heterocycles. The fourth-order valence-electron chi connectivity index (χ4n) is 3.53. The van der Waals surface area contributed by atoms with Gasteiger partial charge in [-0.05, 0) is 30.7 Å². The molecule has 0 saturated carbocycles. The van der Waals surface area contributed by atoms with Gasteiger partial charge in [0.1, 0.15) is 5.82 Å². The van der Waals surface area contributed by atoms with Gasteiger partial charge in [-0.1, -0.05) is 36.4 Å². The molecule has 6 nitrogen and oxygen atoms in total. The number of aromatic nitrogens is 1. The third kappa shape index (κ3) is 8.11. The highest BCUT2D eigenvalue weighted by Crippen LogP contribution is 2.13. The van der Waals surface area contributed by atoms with Gasteiger partial charge >= 0.3 is 0 Å². The molecule has 1 amide bonds. The van der Waals surface area contributed by atoms with Crippen LogP contribution in [0.3, 0.4) is 0 Å². The van der Waals surface area contributed by atoms with Crippen molar-refractivity contribution in [2.24, 2.45) is 5.73 Å². The first-order chi connectivity index (χ1) is 13.8. The Morgan fingerprint density at radius 1 is 1.00 bits per heavy atom. The lowest BCUT2D eigenvalue weighted by Gasteiger charge is -2.35. The monoisotopic (exact) mass is 453 g/mol. The molecular weight excluding hydrogens is 421 g/mol. The zero-order valence-electron chi connectivity index (χ0n) is 17.4. The molecule has 1 fully saturated rings. The highest BCUT2D eigenvalue weighted by Gasteiger charge is 2.20. The molecule has 30 heavy (non-hydrogen) atoms. The predicted molar refractivity (Wildman–Crippen MR) is 128 cm³/mol. The lowest BCUT2D eigenvalue weighted by molar-refractivity contribution is -0.132. The molecule has 8 heteroatoms. The molecule has 1 aromatic carbocycles. The second-order valence-corrected chi connectivity index (χ2v) is 7.21. The number of halogens is 2. The quantitative estimate of drug-likeness (QED) is 0.631. The van der Waals surface area contributed by atoms with Crippen molar-refractivity contribution >= 4 is 36.5 Å². The van der Waals surface area contributed by atoms with Gasteiger partial charge in [0.15, 0.2) is 0 Å². The standard InChI is InChI=1S/C22H31N5O.2ClH/c23-11-6-13-27(19-20-7-2-1-3-8-20)22(28)10-14-25-15-17-26(18-16-25)21-9-4-5-12-24-21;;/h1-5,7-9,12H,6,10-11,13-19,23H2;2*1H. The summed E-state index contributed by atoms with van der Waals surface area (Å²) in [6.45, 7) is 6.62. The van der Waals surface area contributed by atoms with Crippen molar-refractivity contribution in [1.29, 1.82) is 0 Å². The van der Waals surface area contributed by atoms with Crippen LogP contribution in [0, 0.1) is 0 Å². The molecule has 2 heterocycles. The molecule has 0 spiro atoms. The molecule has 0 atom stereocenters. The van der Waals surface area contributed by atoms with Crippen molar-refractivity contribution in [1.82, 2.24) is 14.8 Å². The number of amides is 1. The smallest absolute Gasteiger partial charge is 0.224 e. The molecule has 2 aromatic rings. The number of hydrogen-bond donors (Lipinski definition) is 1. The average molecular weight is 454 g/mol. The van der Waals surface area contributed by atoms with Crippen LogP contribution in [-0.2, 0) is 11.3 Å². The molecule has 2 N–H and O–H groups in total. The maximum atomic E-state index is 12.8. The van der Waals surface area contributed by atoms with Crippen LogP contribution in [0.2, 0.25) is 0 Å².